The monoisotopic (exact) mass is 345 g/mol. The van der Waals surface area contributed by atoms with Gasteiger partial charge in [0.15, 0.2) is 6.54 Å². The number of amides is 1. The third-order valence-electron chi connectivity index (χ3n) is 4.28. The lowest BCUT2D eigenvalue weighted by atomic mass is 10.0. The molecule has 4 heteroatoms. The fourth-order valence-electron chi connectivity index (χ4n) is 2.66. The molecule has 0 heterocycles. The Hall–Kier alpha value is -1.84. The average Bonchev–Trinajstić information content (AvgIpc) is 2.59. The molecule has 0 aliphatic rings. The van der Waals surface area contributed by atoms with Crippen LogP contribution in [0.5, 0.6) is 0 Å². The number of rotatable bonds is 7. The van der Waals surface area contributed by atoms with Crippen LogP contribution in [-0.2, 0) is 4.79 Å². The summed E-state index contributed by atoms with van der Waals surface area (Å²) in [6.45, 7) is 6.65. The molecule has 3 nitrogen and oxygen atoms in total. The number of nitrogens with two attached hydrogens (primary N) is 1. The summed E-state index contributed by atoms with van der Waals surface area (Å²) >= 11 is 5.91. The van der Waals surface area contributed by atoms with Crippen molar-refractivity contribution in [1.82, 2.24) is 5.32 Å². The van der Waals surface area contributed by atoms with E-state index in [1.165, 1.54) is 5.56 Å². The van der Waals surface area contributed by atoms with Gasteiger partial charge in [-0.25, -0.2) is 0 Å². The van der Waals surface area contributed by atoms with Crippen molar-refractivity contribution in [3.8, 4) is 0 Å². The molecule has 0 saturated carbocycles. The summed E-state index contributed by atoms with van der Waals surface area (Å²) in [6.07, 6.45) is 0.877. The molecular formula is C20H26ClN2O+. The van der Waals surface area contributed by atoms with Crippen LogP contribution in [0.2, 0.25) is 5.02 Å². The second-order valence-electron chi connectivity index (χ2n) is 6.22. The normalized spacial score (nSPS) is 13.3. The molecule has 0 saturated heterocycles. The number of benzene rings is 2. The Bertz CT molecular complexity index is 652. The first kappa shape index (κ1) is 18.5. The predicted octanol–water partition coefficient (Wildman–Crippen LogP) is 3.54. The number of hydrogen-bond acceptors (Lipinski definition) is 1. The maximum atomic E-state index is 12.3. The molecule has 0 fully saturated rings. The summed E-state index contributed by atoms with van der Waals surface area (Å²) in [5.41, 5.74) is 3.55. The first-order valence-electron chi connectivity index (χ1n) is 8.44. The Balaban J connectivity index is 1.87. The van der Waals surface area contributed by atoms with Gasteiger partial charge in [-0.2, -0.15) is 0 Å². The van der Waals surface area contributed by atoms with E-state index in [4.69, 9.17) is 11.6 Å². The van der Waals surface area contributed by atoms with Gasteiger partial charge in [0.1, 0.15) is 6.04 Å². The minimum atomic E-state index is 0.0586. The quantitative estimate of drug-likeness (QED) is 0.792. The van der Waals surface area contributed by atoms with Crippen LogP contribution >= 0.6 is 11.6 Å². The maximum Gasteiger partial charge on any atom is 0.275 e. The number of nitrogens with one attached hydrogen (secondary N) is 1. The molecule has 2 aromatic carbocycles. The SMILES string of the molecule is CC[C@H](NC(=O)C[NH2+][C@@H](C)c1ccc(Cl)cc1)c1ccc(C)cc1. The van der Waals surface area contributed by atoms with E-state index in [1.807, 2.05) is 29.6 Å². The van der Waals surface area contributed by atoms with Crippen LogP contribution in [0.25, 0.3) is 0 Å². The lowest BCUT2D eigenvalue weighted by Gasteiger charge is -2.18. The average molecular weight is 346 g/mol. The van der Waals surface area contributed by atoms with Crippen molar-refractivity contribution in [2.75, 3.05) is 6.54 Å². The smallest absolute Gasteiger partial charge is 0.275 e. The van der Waals surface area contributed by atoms with Crippen LogP contribution in [0.1, 0.15) is 49.0 Å². The second-order valence-corrected chi connectivity index (χ2v) is 6.66. The summed E-state index contributed by atoms with van der Waals surface area (Å²) in [7, 11) is 0. The van der Waals surface area contributed by atoms with Crippen LogP contribution in [0, 0.1) is 6.92 Å². The zero-order valence-electron chi connectivity index (χ0n) is 14.6. The Morgan fingerprint density at radius 3 is 2.25 bits per heavy atom. The van der Waals surface area contributed by atoms with Gasteiger partial charge in [-0.15, -0.1) is 0 Å². The van der Waals surface area contributed by atoms with Gasteiger partial charge in [0.25, 0.3) is 5.91 Å². The highest BCUT2D eigenvalue weighted by Crippen LogP contribution is 2.17. The van der Waals surface area contributed by atoms with Gasteiger partial charge >= 0.3 is 0 Å². The van der Waals surface area contributed by atoms with E-state index in [-0.39, 0.29) is 18.0 Å². The molecule has 128 valence electrons. The van der Waals surface area contributed by atoms with E-state index in [0.29, 0.717) is 6.54 Å². The standard InChI is InChI=1S/C20H25ClN2O/c1-4-19(17-7-5-14(2)6-8-17)23-20(24)13-22-15(3)16-9-11-18(21)12-10-16/h5-12,15,19,22H,4,13H2,1-3H3,(H,23,24)/p+1/t15-,19-/m0/s1. The predicted molar refractivity (Wildman–Crippen MR) is 99.0 cm³/mol. The van der Waals surface area contributed by atoms with E-state index in [0.717, 1.165) is 22.6 Å². The maximum absolute atomic E-state index is 12.3. The summed E-state index contributed by atoms with van der Waals surface area (Å²) < 4.78 is 0. The largest absolute Gasteiger partial charge is 0.344 e. The van der Waals surface area contributed by atoms with Crippen molar-refractivity contribution in [3.63, 3.8) is 0 Å². The summed E-state index contributed by atoms with van der Waals surface area (Å²) in [5.74, 6) is 0.0586. The lowest BCUT2D eigenvalue weighted by Crippen LogP contribution is -2.87. The third-order valence-corrected chi connectivity index (χ3v) is 4.53. The third kappa shape index (κ3) is 5.36. The van der Waals surface area contributed by atoms with Gasteiger partial charge in [0.05, 0.1) is 6.04 Å². The van der Waals surface area contributed by atoms with Crippen molar-refractivity contribution >= 4 is 17.5 Å². The highest BCUT2D eigenvalue weighted by atomic mass is 35.5. The lowest BCUT2D eigenvalue weighted by molar-refractivity contribution is -0.682. The molecule has 2 rings (SSSR count). The molecule has 2 atom stereocenters. The van der Waals surface area contributed by atoms with Crippen molar-refractivity contribution in [1.29, 1.82) is 0 Å². The zero-order chi connectivity index (χ0) is 17.5. The first-order chi connectivity index (χ1) is 11.5. The van der Waals surface area contributed by atoms with Crippen molar-refractivity contribution < 1.29 is 10.1 Å². The Labute approximate surface area is 149 Å². The number of aryl methyl sites for hydroxylation is 1. The molecule has 3 N–H and O–H groups in total. The zero-order valence-corrected chi connectivity index (χ0v) is 15.3. The number of carbonyl (C=O) groups excluding carboxylic acids is 1. The highest BCUT2D eigenvalue weighted by Gasteiger charge is 2.15. The van der Waals surface area contributed by atoms with E-state index < -0.39 is 0 Å². The Kier molecular flexibility index (Phi) is 6.83. The van der Waals surface area contributed by atoms with Gasteiger partial charge in [0.2, 0.25) is 0 Å². The highest BCUT2D eigenvalue weighted by molar-refractivity contribution is 6.30. The first-order valence-corrected chi connectivity index (χ1v) is 8.82. The molecule has 2 aromatic rings. The molecule has 0 aliphatic carbocycles. The Morgan fingerprint density at radius 1 is 1.08 bits per heavy atom. The fourth-order valence-corrected chi connectivity index (χ4v) is 2.79. The number of quaternary nitrogens is 1. The van der Waals surface area contributed by atoms with Crippen LogP contribution in [0.3, 0.4) is 0 Å². The Morgan fingerprint density at radius 2 is 1.67 bits per heavy atom. The molecule has 0 bridgehead atoms. The number of carbonyl (C=O) groups is 1. The van der Waals surface area contributed by atoms with Crippen LogP contribution in [0.4, 0.5) is 0 Å². The van der Waals surface area contributed by atoms with Gasteiger partial charge < -0.3 is 10.6 Å². The minimum absolute atomic E-state index is 0.0586. The van der Waals surface area contributed by atoms with Gasteiger partial charge in [0, 0.05) is 10.6 Å². The topological polar surface area (TPSA) is 45.7 Å². The van der Waals surface area contributed by atoms with Crippen molar-refractivity contribution in [2.24, 2.45) is 0 Å². The minimum Gasteiger partial charge on any atom is -0.344 e. The summed E-state index contributed by atoms with van der Waals surface area (Å²) in [4.78, 5) is 12.3. The fraction of sp³-hybridized carbons (Fsp3) is 0.350. The van der Waals surface area contributed by atoms with Crippen LogP contribution in [0.15, 0.2) is 48.5 Å². The molecule has 0 unspecified atom stereocenters. The number of halogens is 1. The van der Waals surface area contributed by atoms with E-state index in [2.05, 4.69) is 50.4 Å². The molecule has 0 radical (unpaired) electrons. The molecule has 0 spiro atoms. The van der Waals surface area contributed by atoms with Crippen LogP contribution in [-0.4, -0.2) is 12.5 Å². The van der Waals surface area contributed by atoms with Crippen molar-refractivity contribution in [3.05, 3.63) is 70.2 Å². The second kappa shape index (κ2) is 8.86. The van der Waals surface area contributed by atoms with E-state index in [1.54, 1.807) is 0 Å². The van der Waals surface area contributed by atoms with Gasteiger partial charge in [-0.3, -0.25) is 4.79 Å². The van der Waals surface area contributed by atoms with E-state index >= 15 is 0 Å². The van der Waals surface area contributed by atoms with Crippen molar-refractivity contribution in [2.45, 2.75) is 39.3 Å². The molecule has 0 aromatic heterocycles. The van der Waals surface area contributed by atoms with Gasteiger partial charge in [-0.1, -0.05) is 60.5 Å². The molecule has 24 heavy (non-hydrogen) atoms. The molecule has 1 amide bonds. The number of hydrogen-bond donors (Lipinski definition) is 2. The van der Waals surface area contributed by atoms with E-state index in [9.17, 15) is 4.79 Å². The molecule has 0 aliphatic heterocycles. The van der Waals surface area contributed by atoms with Crippen LogP contribution < -0.4 is 10.6 Å². The summed E-state index contributed by atoms with van der Waals surface area (Å²) in [5, 5.41) is 5.90. The molecular weight excluding hydrogens is 320 g/mol. The van der Waals surface area contributed by atoms with Gasteiger partial charge in [-0.05, 0) is 38.0 Å². The summed E-state index contributed by atoms with van der Waals surface area (Å²) in [6, 6.07) is 16.4.